The molecule has 22 heavy (non-hydrogen) atoms. The van der Waals surface area contributed by atoms with Gasteiger partial charge >= 0.3 is 0 Å². The summed E-state index contributed by atoms with van der Waals surface area (Å²) in [6.07, 6.45) is 5.19. The van der Waals surface area contributed by atoms with Gasteiger partial charge in [-0.1, -0.05) is 31.9 Å². The smallest absolute Gasteiger partial charge is 0.213 e. The molecule has 2 heterocycles. The zero-order chi connectivity index (χ0) is 15.1. The second kappa shape index (κ2) is 5.54. The zero-order valence-corrected chi connectivity index (χ0v) is 13.8. The largest absolute Gasteiger partial charge is 0.359 e. The standard InChI is InChI=1S/C17H22N4S/c1-12-6-2-3-7-13(12)19-17(22)21-11-10-20-15-9-5-4-8-14(15)18-16(20)21/h4-5,8-9,12-13H,2-3,6-7,10-11H2,1H3,(H,19,22)/t12-,13-/m1/s1. The zero-order valence-electron chi connectivity index (χ0n) is 13.0. The van der Waals surface area contributed by atoms with Crippen molar-refractivity contribution in [3.8, 4) is 0 Å². The Bertz CT molecular complexity index is 708. The van der Waals surface area contributed by atoms with E-state index in [0.29, 0.717) is 12.0 Å². The summed E-state index contributed by atoms with van der Waals surface area (Å²) in [6, 6.07) is 8.82. The lowest BCUT2D eigenvalue weighted by molar-refractivity contribution is 0.309. The molecule has 2 atom stereocenters. The number of anilines is 1. The molecule has 1 aromatic carbocycles. The fourth-order valence-electron chi connectivity index (χ4n) is 3.75. The molecule has 1 aliphatic heterocycles. The molecule has 0 spiro atoms. The van der Waals surface area contributed by atoms with Crippen molar-refractivity contribution in [1.29, 1.82) is 0 Å². The normalized spacial score (nSPS) is 24.5. The van der Waals surface area contributed by atoms with Gasteiger partial charge in [-0.25, -0.2) is 4.98 Å². The minimum Gasteiger partial charge on any atom is -0.359 e. The lowest BCUT2D eigenvalue weighted by Crippen LogP contribution is -2.47. The number of nitrogens with zero attached hydrogens (tertiary/aromatic N) is 3. The Labute approximate surface area is 136 Å². The predicted octanol–water partition coefficient (Wildman–Crippen LogP) is 3.31. The highest BCUT2D eigenvalue weighted by molar-refractivity contribution is 7.80. The van der Waals surface area contributed by atoms with Gasteiger partial charge in [0, 0.05) is 19.1 Å². The summed E-state index contributed by atoms with van der Waals surface area (Å²) in [5, 5.41) is 4.44. The Morgan fingerprint density at radius 2 is 2.05 bits per heavy atom. The molecule has 1 N–H and O–H groups in total. The van der Waals surface area contributed by atoms with E-state index in [1.165, 1.54) is 31.2 Å². The third kappa shape index (κ3) is 2.28. The van der Waals surface area contributed by atoms with Crippen molar-refractivity contribution in [1.82, 2.24) is 14.9 Å². The summed E-state index contributed by atoms with van der Waals surface area (Å²) in [6.45, 7) is 4.21. The van der Waals surface area contributed by atoms with E-state index >= 15 is 0 Å². The number of imidazole rings is 1. The number of aromatic nitrogens is 2. The van der Waals surface area contributed by atoms with Crippen molar-refractivity contribution < 1.29 is 0 Å². The Hall–Kier alpha value is -1.62. The fraction of sp³-hybridized carbons (Fsp3) is 0.529. The summed E-state index contributed by atoms with van der Waals surface area (Å²) in [5.74, 6) is 1.69. The number of para-hydroxylation sites is 2. The van der Waals surface area contributed by atoms with Gasteiger partial charge in [0.05, 0.1) is 11.0 Å². The number of hydrogen-bond acceptors (Lipinski definition) is 2. The summed E-state index contributed by atoms with van der Waals surface area (Å²) in [4.78, 5) is 6.93. The Kier molecular flexibility index (Phi) is 3.53. The van der Waals surface area contributed by atoms with Gasteiger partial charge in [0.15, 0.2) is 5.11 Å². The van der Waals surface area contributed by atoms with Crippen LogP contribution in [0.3, 0.4) is 0 Å². The molecule has 1 fully saturated rings. The molecule has 5 heteroatoms. The highest BCUT2D eigenvalue weighted by atomic mass is 32.1. The second-order valence-electron chi connectivity index (χ2n) is 6.52. The van der Waals surface area contributed by atoms with Crippen LogP contribution in [0.2, 0.25) is 0 Å². The summed E-state index contributed by atoms with van der Waals surface area (Å²) in [7, 11) is 0. The molecule has 0 amide bonds. The number of nitrogens with one attached hydrogen (secondary N) is 1. The Morgan fingerprint density at radius 1 is 1.23 bits per heavy atom. The molecule has 116 valence electrons. The van der Waals surface area contributed by atoms with E-state index in [4.69, 9.17) is 17.2 Å². The van der Waals surface area contributed by atoms with Crippen LogP contribution in [-0.2, 0) is 6.54 Å². The first-order valence-electron chi connectivity index (χ1n) is 8.27. The molecule has 2 aliphatic rings. The average molecular weight is 314 g/mol. The van der Waals surface area contributed by atoms with Gasteiger partial charge in [0.2, 0.25) is 5.95 Å². The first kappa shape index (κ1) is 14.0. The maximum absolute atomic E-state index is 5.69. The van der Waals surface area contributed by atoms with Crippen LogP contribution < -0.4 is 10.2 Å². The van der Waals surface area contributed by atoms with Crippen molar-refractivity contribution >= 4 is 34.3 Å². The molecule has 4 nitrogen and oxygen atoms in total. The molecule has 0 unspecified atom stereocenters. The number of rotatable bonds is 1. The third-order valence-corrected chi connectivity index (χ3v) is 5.43. The van der Waals surface area contributed by atoms with E-state index in [2.05, 4.69) is 39.9 Å². The second-order valence-corrected chi connectivity index (χ2v) is 6.91. The molecule has 1 saturated carbocycles. The highest BCUT2D eigenvalue weighted by Crippen LogP contribution is 2.28. The number of thiocarbonyl (C=S) groups is 1. The summed E-state index contributed by atoms with van der Waals surface area (Å²) >= 11 is 5.69. The van der Waals surface area contributed by atoms with Gasteiger partial charge in [-0.2, -0.15) is 0 Å². The topological polar surface area (TPSA) is 33.1 Å². The van der Waals surface area contributed by atoms with Crippen molar-refractivity contribution in [3.05, 3.63) is 24.3 Å². The lowest BCUT2D eigenvalue weighted by Gasteiger charge is -2.32. The Morgan fingerprint density at radius 3 is 2.91 bits per heavy atom. The van der Waals surface area contributed by atoms with Crippen LogP contribution in [0.15, 0.2) is 24.3 Å². The van der Waals surface area contributed by atoms with E-state index in [0.717, 1.165) is 29.7 Å². The van der Waals surface area contributed by atoms with Gasteiger partial charge in [0.25, 0.3) is 0 Å². The average Bonchev–Trinajstić information content (AvgIpc) is 3.08. The van der Waals surface area contributed by atoms with E-state index in [1.54, 1.807) is 0 Å². The number of benzene rings is 1. The van der Waals surface area contributed by atoms with Gasteiger partial charge in [-0.05, 0) is 43.1 Å². The van der Waals surface area contributed by atoms with E-state index in [-0.39, 0.29) is 0 Å². The molecule has 1 aromatic heterocycles. The van der Waals surface area contributed by atoms with Crippen LogP contribution in [0, 0.1) is 5.92 Å². The van der Waals surface area contributed by atoms with Gasteiger partial charge in [-0.15, -0.1) is 0 Å². The Balaban J connectivity index is 1.56. The fourth-order valence-corrected chi connectivity index (χ4v) is 4.07. The van der Waals surface area contributed by atoms with Crippen LogP contribution >= 0.6 is 12.2 Å². The van der Waals surface area contributed by atoms with E-state index in [9.17, 15) is 0 Å². The minimum absolute atomic E-state index is 0.514. The van der Waals surface area contributed by atoms with Crippen LogP contribution in [-0.4, -0.2) is 27.3 Å². The van der Waals surface area contributed by atoms with Gasteiger partial charge < -0.3 is 9.88 Å². The molecule has 0 radical (unpaired) electrons. The maximum Gasteiger partial charge on any atom is 0.213 e. The highest BCUT2D eigenvalue weighted by Gasteiger charge is 2.29. The van der Waals surface area contributed by atoms with Crippen LogP contribution in [0.25, 0.3) is 11.0 Å². The molecule has 0 saturated heterocycles. The maximum atomic E-state index is 5.69. The summed E-state index contributed by atoms with van der Waals surface area (Å²) < 4.78 is 2.27. The van der Waals surface area contributed by atoms with Crippen molar-refractivity contribution in [3.63, 3.8) is 0 Å². The van der Waals surface area contributed by atoms with Crippen molar-refractivity contribution in [2.75, 3.05) is 11.4 Å². The number of fused-ring (bicyclic) bond motifs is 3. The van der Waals surface area contributed by atoms with Gasteiger partial charge in [0.1, 0.15) is 0 Å². The first-order valence-corrected chi connectivity index (χ1v) is 8.68. The molecule has 4 rings (SSSR count). The third-order valence-electron chi connectivity index (χ3n) is 5.09. The van der Waals surface area contributed by atoms with Crippen molar-refractivity contribution in [2.24, 2.45) is 5.92 Å². The van der Waals surface area contributed by atoms with Crippen LogP contribution in [0.1, 0.15) is 32.6 Å². The minimum atomic E-state index is 0.514. The monoisotopic (exact) mass is 314 g/mol. The van der Waals surface area contributed by atoms with Crippen LogP contribution in [0.5, 0.6) is 0 Å². The quantitative estimate of drug-likeness (QED) is 0.819. The van der Waals surface area contributed by atoms with Gasteiger partial charge in [-0.3, -0.25) is 4.90 Å². The molecule has 0 bridgehead atoms. The van der Waals surface area contributed by atoms with E-state index in [1.807, 2.05) is 6.07 Å². The molecular weight excluding hydrogens is 292 g/mol. The van der Waals surface area contributed by atoms with E-state index < -0.39 is 0 Å². The van der Waals surface area contributed by atoms with Crippen molar-refractivity contribution in [2.45, 2.75) is 45.2 Å². The lowest BCUT2D eigenvalue weighted by atomic mass is 9.86. The summed E-state index contributed by atoms with van der Waals surface area (Å²) in [5.41, 5.74) is 2.25. The first-order chi connectivity index (χ1) is 10.7. The van der Waals surface area contributed by atoms with Crippen LogP contribution in [0.4, 0.5) is 5.95 Å². The molecular formula is C17H22N4S. The predicted molar refractivity (Wildman–Crippen MR) is 94.2 cm³/mol. The number of hydrogen-bond donors (Lipinski definition) is 1. The molecule has 1 aliphatic carbocycles. The SMILES string of the molecule is C[C@@H]1CCCC[C@H]1NC(=S)N1CCn2c1nc1ccccc12. The molecule has 2 aromatic rings.